The second kappa shape index (κ2) is 9.15. The molecule has 1 aliphatic heterocycles. The lowest BCUT2D eigenvalue weighted by atomic mass is 10.0. The molecule has 3 aromatic rings. The van der Waals surface area contributed by atoms with Crippen molar-refractivity contribution in [3.63, 3.8) is 0 Å². The van der Waals surface area contributed by atoms with Crippen LogP contribution in [0.25, 0.3) is 5.69 Å². The SMILES string of the molecule is CCn1c(CO)nn(-c2cc3c(cc2F)CN(c2c(F)cccc2Cl)CN3CC(C)C)c1=O. The maximum Gasteiger partial charge on any atom is 0.350 e. The fraction of sp³-hybridized carbons (Fsp3) is 0.391. The standard InChI is InChI=1S/C23H26ClF2N5O2/c1-4-30-21(12-32)27-31(23(30)33)20-9-19-15(8-18(20)26)11-29(13-28(19)10-14(2)3)22-16(24)6-5-7-17(22)25/h5-9,14,32H,4,10-13H2,1-3H3. The predicted octanol–water partition coefficient (Wildman–Crippen LogP) is 3.92. The second-order valence-corrected chi connectivity index (χ2v) is 8.88. The van der Waals surface area contributed by atoms with Gasteiger partial charge in [0.15, 0.2) is 5.82 Å². The molecule has 33 heavy (non-hydrogen) atoms. The number of hydrogen-bond acceptors (Lipinski definition) is 5. The zero-order valence-corrected chi connectivity index (χ0v) is 19.5. The van der Waals surface area contributed by atoms with Crippen LogP contribution in [0.3, 0.4) is 0 Å². The van der Waals surface area contributed by atoms with Crippen LogP contribution in [0.4, 0.5) is 20.2 Å². The number of aromatic nitrogens is 3. The Morgan fingerprint density at radius 2 is 1.94 bits per heavy atom. The number of rotatable bonds is 6. The number of anilines is 2. The molecule has 0 fully saturated rings. The number of benzene rings is 2. The molecule has 0 aliphatic carbocycles. The highest BCUT2D eigenvalue weighted by molar-refractivity contribution is 6.33. The van der Waals surface area contributed by atoms with E-state index in [0.29, 0.717) is 25.3 Å². The van der Waals surface area contributed by atoms with E-state index < -0.39 is 23.9 Å². The molecule has 7 nitrogen and oxygen atoms in total. The first-order chi connectivity index (χ1) is 15.7. The van der Waals surface area contributed by atoms with Crippen LogP contribution in [0.15, 0.2) is 35.1 Å². The van der Waals surface area contributed by atoms with E-state index in [1.165, 1.54) is 16.7 Å². The van der Waals surface area contributed by atoms with Crippen molar-refractivity contribution in [3.8, 4) is 5.69 Å². The summed E-state index contributed by atoms with van der Waals surface area (Å²) in [5, 5.41) is 14.0. The number of hydrogen-bond donors (Lipinski definition) is 1. The minimum Gasteiger partial charge on any atom is -0.388 e. The minimum absolute atomic E-state index is 0.00628. The Balaban J connectivity index is 1.83. The Hall–Kier alpha value is -2.91. The van der Waals surface area contributed by atoms with Crippen LogP contribution in [-0.2, 0) is 19.7 Å². The predicted molar refractivity (Wildman–Crippen MR) is 124 cm³/mol. The number of fused-ring (bicyclic) bond motifs is 1. The molecule has 0 saturated heterocycles. The van der Waals surface area contributed by atoms with E-state index in [-0.39, 0.29) is 34.7 Å². The summed E-state index contributed by atoms with van der Waals surface area (Å²) in [6.07, 6.45) is 0. The highest BCUT2D eigenvalue weighted by Gasteiger charge is 2.29. The molecule has 2 heterocycles. The molecule has 10 heteroatoms. The van der Waals surface area contributed by atoms with Crippen LogP contribution in [-0.4, -0.2) is 32.7 Å². The van der Waals surface area contributed by atoms with Crippen LogP contribution in [0.5, 0.6) is 0 Å². The van der Waals surface area contributed by atoms with Crippen molar-refractivity contribution < 1.29 is 13.9 Å². The summed E-state index contributed by atoms with van der Waals surface area (Å²) >= 11 is 6.30. The molecule has 176 valence electrons. The number of aliphatic hydroxyl groups excluding tert-OH is 1. The van der Waals surface area contributed by atoms with E-state index in [0.717, 1.165) is 10.4 Å². The first-order valence-electron chi connectivity index (χ1n) is 10.8. The van der Waals surface area contributed by atoms with Gasteiger partial charge in [0.2, 0.25) is 0 Å². The maximum absolute atomic E-state index is 15.3. The molecule has 1 aromatic heterocycles. The van der Waals surface area contributed by atoms with Gasteiger partial charge in [0.05, 0.1) is 17.4 Å². The Bertz CT molecular complexity index is 1220. The summed E-state index contributed by atoms with van der Waals surface area (Å²) < 4.78 is 32.2. The smallest absolute Gasteiger partial charge is 0.350 e. The lowest BCUT2D eigenvalue weighted by Gasteiger charge is -2.41. The summed E-state index contributed by atoms with van der Waals surface area (Å²) in [4.78, 5) is 16.6. The van der Waals surface area contributed by atoms with E-state index in [1.807, 2.05) is 4.90 Å². The Morgan fingerprint density at radius 1 is 1.18 bits per heavy atom. The molecule has 4 rings (SSSR count). The monoisotopic (exact) mass is 477 g/mol. The van der Waals surface area contributed by atoms with Gasteiger partial charge < -0.3 is 14.9 Å². The average Bonchev–Trinajstić information content (AvgIpc) is 3.08. The Labute approximate surface area is 195 Å². The lowest BCUT2D eigenvalue weighted by Crippen LogP contribution is -2.44. The first-order valence-corrected chi connectivity index (χ1v) is 11.2. The molecule has 0 bridgehead atoms. The molecular formula is C23H26ClF2N5O2. The van der Waals surface area contributed by atoms with Crippen LogP contribution in [0, 0.1) is 17.6 Å². The maximum atomic E-state index is 15.3. The van der Waals surface area contributed by atoms with Gasteiger partial charge in [-0.25, -0.2) is 13.6 Å². The van der Waals surface area contributed by atoms with Crippen molar-refractivity contribution in [1.82, 2.24) is 14.3 Å². The molecule has 0 radical (unpaired) electrons. The highest BCUT2D eigenvalue weighted by Crippen LogP contribution is 2.37. The quantitative estimate of drug-likeness (QED) is 0.583. The first kappa shape index (κ1) is 23.3. The number of nitrogens with zero attached hydrogens (tertiary/aromatic N) is 5. The molecule has 0 unspecified atom stereocenters. The van der Waals surface area contributed by atoms with Crippen LogP contribution in [0.1, 0.15) is 32.2 Å². The lowest BCUT2D eigenvalue weighted by molar-refractivity contribution is 0.264. The van der Waals surface area contributed by atoms with Crippen molar-refractivity contribution in [1.29, 1.82) is 0 Å². The summed E-state index contributed by atoms with van der Waals surface area (Å²) in [6, 6.07) is 7.48. The van der Waals surface area contributed by atoms with Crippen LogP contribution in [0.2, 0.25) is 5.02 Å². The fourth-order valence-electron chi connectivity index (χ4n) is 4.28. The van der Waals surface area contributed by atoms with E-state index in [1.54, 1.807) is 30.0 Å². The second-order valence-electron chi connectivity index (χ2n) is 8.47. The third kappa shape index (κ3) is 4.22. The van der Waals surface area contributed by atoms with E-state index in [2.05, 4.69) is 18.9 Å². The average molecular weight is 478 g/mol. The third-order valence-corrected chi connectivity index (χ3v) is 5.96. The van der Waals surface area contributed by atoms with Gasteiger partial charge >= 0.3 is 5.69 Å². The molecule has 1 aliphatic rings. The summed E-state index contributed by atoms with van der Waals surface area (Å²) in [5.41, 5.74) is 1.15. The van der Waals surface area contributed by atoms with Gasteiger partial charge in [-0.05, 0) is 42.7 Å². The molecule has 0 saturated carbocycles. The summed E-state index contributed by atoms with van der Waals surface area (Å²) in [5.74, 6) is -0.641. The van der Waals surface area contributed by atoms with E-state index in [9.17, 15) is 14.3 Å². The van der Waals surface area contributed by atoms with Crippen molar-refractivity contribution >= 4 is 23.0 Å². The molecule has 2 aromatic carbocycles. The fourth-order valence-corrected chi connectivity index (χ4v) is 4.56. The molecule has 1 N–H and O–H groups in total. The zero-order valence-electron chi connectivity index (χ0n) is 18.7. The molecular weight excluding hydrogens is 452 g/mol. The van der Waals surface area contributed by atoms with Crippen molar-refractivity contribution in [3.05, 3.63) is 68.9 Å². The number of halogens is 3. The van der Waals surface area contributed by atoms with E-state index >= 15 is 4.39 Å². The third-order valence-electron chi connectivity index (χ3n) is 5.66. The van der Waals surface area contributed by atoms with Crippen molar-refractivity contribution in [2.75, 3.05) is 23.0 Å². The normalized spacial score (nSPS) is 13.7. The van der Waals surface area contributed by atoms with Gasteiger partial charge in [-0.2, -0.15) is 4.68 Å². The van der Waals surface area contributed by atoms with E-state index in [4.69, 9.17) is 11.6 Å². The summed E-state index contributed by atoms with van der Waals surface area (Å²) in [7, 11) is 0. The highest BCUT2D eigenvalue weighted by atomic mass is 35.5. The van der Waals surface area contributed by atoms with Gasteiger partial charge in [-0.1, -0.05) is 31.5 Å². The van der Waals surface area contributed by atoms with Crippen LogP contribution < -0.4 is 15.5 Å². The van der Waals surface area contributed by atoms with Gasteiger partial charge in [0, 0.05) is 25.3 Å². The largest absolute Gasteiger partial charge is 0.388 e. The van der Waals surface area contributed by atoms with Gasteiger partial charge in [-0.3, -0.25) is 4.57 Å². The van der Waals surface area contributed by atoms with Crippen molar-refractivity contribution in [2.45, 2.75) is 40.5 Å². The van der Waals surface area contributed by atoms with Gasteiger partial charge in [-0.15, -0.1) is 5.10 Å². The van der Waals surface area contributed by atoms with Gasteiger partial charge in [0.25, 0.3) is 0 Å². The molecule has 0 spiro atoms. The molecule has 0 amide bonds. The topological polar surface area (TPSA) is 66.5 Å². The Kier molecular flexibility index (Phi) is 6.45. The zero-order chi connectivity index (χ0) is 23.9. The number of aliphatic hydroxyl groups is 1. The Morgan fingerprint density at radius 3 is 2.55 bits per heavy atom. The summed E-state index contributed by atoms with van der Waals surface area (Å²) in [6.45, 7) is 6.96. The number of para-hydroxylation sites is 1. The molecule has 0 atom stereocenters. The minimum atomic E-state index is -0.632. The van der Waals surface area contributed by atoms with Crippen LogP contribution >= 0.6 is 11.6 Å². The van der Waals surface area contributed by atoms with Crippen molar-refractivity contribution in [2.24, 2.45) is 5.92 Å². The van der Waals surface area contributed by atoms with Gasteiger partial charge in [0.1, 0.15) is 23.9 Å².